The topological polar surface area (TPSA) is 50.2 Å². The van der Waals surface area contributed by atoms with Crippen molar-refractivity contribution in [1.29, 1.82) is 0 Å². The zero-order chi connectivity index (χ0) is 15.9. The van der Waals surface area contributed by atoms with Crippen molar-refractivity contribution in [2.75, 3.05) is 27.2 Å². The maximum atomic E-state index is 12.0. The van der Waals surface area contributed by atoms with Gasteiger partial charge in [0.1, 0.15) is 0 Å². The molecule has 2 rings (SSSR count). The Morgan fingerprint density at radius 2 is 2.05 bits per heavy atom. The van der Waals surface area contributed by atoms with Gasteiger partial charge in [-0.05, 0) is 60.7 Å². The summed E-state index contributed by atoms with van der Waals surface area (Å²) >= 11 is 3.38. The number of hydrogen-bond donors (Lipinski definition) is 1. The van der Waals surface area contributed by atoms with Crippen molar-refractivity contribution in [1.82, 2.24) is 20.0 Å². The molecule has 1 aromatic heterocycles. The highest BCUT2D eigenvalue weighted by Crippen LogP contribution is 2.10. The van der Waals surface area contributed by atoms with Crippen LogP contribution in [0.1, 0.15) is 22.3 Å². The molecule has 118 valence electrons. The molecule has 0 bridgehead atoms. The molecular weight excluding hydrogens is 344 g/mol. The maximum Gasteiger partial charge on any atom is 0.251 e. The van der Waals surface area contributed by atoms with Crippen LogP contribution in [0.15, 0.2) is 41.1 Å². The minimum absolute atomic E-state index is 0.0212. The molecule has 0 saturated heterocycles. The first-order chi connectivity index (χ1) is 10.5. The van der Waals surface area contributed by atoms with E-state index in [4.69, 9.17) is 0 Å². The van der Waals surface area contributed by atoms with Crippen molar-refractivity contribution in [2.24, 2.45) is 0 Å². The van der Waals surface area contributed by atoms with E-state index in [0.29, 0.717) is 18.7 Å². The highest BCUT2D eigenvalue weighted by atomic mass is 79.9. The minimum Gasteiger partial charge on any atom is -0.352 e. The van der Waals surface area contributed by atoms with Gasteiger partial charge in [0.25, 0.3) is 5.91 Å². The van der Waals surface area contributed by atoms with Gasteiger partial charge in [0, 0.05) is 18.3 Å². The maximum absolute atomic E-state index is 12.0. The Bertz CT molecular complexity index is 607. The number of halogens is 1. The average molecular weight is 365 g/mol. The van der Waals surface area contributed by atoms with E-state index >= 15 is 0 Å². The number of nitrogens with one attached hydrogen (secondary N) is 1. The zero-order valence-corrected chi connectivity index (χ0v) is 14.5. The van der Waals surface area contributed by atoms with Crippen LogP contribution in [0.3, 0.4) is 0 Å². The molecular formula is C16H21BrN4O. The molecule has 1 aromatic carbocycles. The van der Waals surface area contributed by atoms with Gasteiger partial charge in [0.2, 0.25) is 0 Å². The molecule has 1 heterocycles. The number of carbonyl (C=O) groups is 1. The third-order valence-electron chi connectivity index (χ3n) is 3.23. The van der Waals surface area contributed by atoms with Crippen molar-refractivity contribution in [3.8, 4) is 0 Å². The van der Waals surface area contributed by atoms with Crippen molar-refractivity contribution in [3.63, 3.8) is 0 Å². The van der Waals surface area contributed by atoms with Gasteiger partial charge in [-0.25, -0.2) is 0 Å². The molecule has 0 unspecified atom stereocenters. The second-order valence-corrected chi connectivity index (χ2v) is 6.38. The Balaban J connectivity index is 1.84. The zero-order valence-electron chi connectivity index (χ0n) is 12.9. The summed E-state index contributed by atoms with van der Waals surface area (Å²) in [5.41, 5.74) is 1.80. The van der Waals surface area contributed by atoms with E-state index in [1.165, 1.54) is 0 Å². The molecule has 2 aromatic rings. The van der Waals surface area contributed by atoms with Crippen molar-refractivity contribution >= 4 is 21.8 Å². The van der Waals surface area contributed by atoms with Gasteiger partial charge in [0.15, 0.2) is 0 Å². The van der Waals surface area contributed by atoms with E-state index in [9.17, 15) is 4.79 Å². The van der Waals surface area contributed by atoms with Gasteiger partial charge in [-0.2, -0.15) is 5.10 Å². The SMILES string of the molecule is CN(C)CCCNC(=O)c1ccc(Cn2cc(Br)cn2)cc1. The standard InChI is InChI=1S/C16H21BrN4O/c1-20(2)9-3-8-18-16(22)14-6-4-13(5-7-14)11-21-12-15(17)10-19-21/h4-7,10,12H,3,8-9,11H2,1-2H3,(H,18,22). The van der Waals surface area contributed by atoms with E-state index in [-0.39, 0.29) is 5.91 Å². The van der Waals surface area contributed by atoms with Gasteiger partial charge >= 0.3 is 0 Å². The van der Waals surface area contributed by atoms with E-state index in [1.54, 1.807) is 6.20 Å². The minimum atomic E-state index is -0.0212. The lowest BCUT2D eigenvalue weighted by atomic mass is 10.1. The summed E-state index contributed by atoms with van der Waals surface area (Å²) in [5.74, 6) is -0.0212. The second-order valence-electron chi connectivity index (χ2n) is 5.47. The first-order valence-electron chi connectivity index (χ1n) is 7.24. The number of hydrogen-bond acceptors (Lipinski definition) is 3. The normalized spacial score (nSPS) is 10.9. The third-order valence-corrected chi connectivity index (χ3v) is 3.64. The van der Waals surface area contributed by atoms with Crippen molar-refractivity contribution in [3.05, 3.63) is 52.3 Å². The molecule has 0 aliphatic heterocycles. The quantitative estimate of drug-likeness (QED) is 0.767. The average Bonchev–Trinajstić information content (AvgIpc) is 2.89. The first-order valence-corrected chi connectivity index (χ1v) is 8.04. The summed E-state index contributed by atoms with van der Waals surface area (Å²) in [4.78, 5) is 14.1. The van der Waals surface area contributed by atoms with E-state index in [2.05, 4.69) is 31.2 Å². The molecule has 0 aliphatic carbocycles. The Hall–Kier alpha value is -1.66. The summed E-state index contributed by atoms with van der Waals surface area (Å²) in [6.07, 6.45) is 4.63. The number of benzene rings is 1. The van der Waals surface area contributed by atoms with Gasteiger partial charge in [-0.15, -0.1) is 0 Å². The number of rotatable bonds is 7. The van der Waals surface area contributed by atoms with Crippen LogP contribution in [-0.2, 0) is 6.54 Å². The Labute approximate surface area is 139 Å². The summed E-state index contributed by atoms with van der Waals surface area (Å²) in [7, 11) is 4.05. The predicted molar refractivity (Wildman–Crippen MR) is 91.0 cm³/mol. The molecule has 1 N–H and O–H groups in total. The summed E-state index contributed by atoms with van der Waals surface area (Å²) < 4.78 is 2.81. The molecule has 0 saturated carbocycles. The monoisotopic (exact) mass is 364 g/mol. The van der Waals surface area contributed by atoms with Crippen molar-refractivity contribution < 1.29 is 4.79 Å². The Morgan fingerprint density at radius 1 is 1.32 bits per heavy atom. The van der Waals surface area contributed by atoms with Gasteiger partial charge in [-0.3, -0.25) is 9.48 Å². The Morgan fingerprint density at radius 3 is 2.64 bits per heavy atom. The molecule has 0 spiro atoms. The lowest BCUT2D eigenvalue weighted by Crippen LogP contribution is -2.27. The van der Waals surface area contributed by atoms with Crippen LogP contribution in [0.5, 0.6) is 0 Å². The van der Waals surface area contributed by atoms with E-state index in [1.807, 2.05) is 49.2 Å². The third kappa shape index (κ3) is 5.27. The molecule has 1 amide bonds. The van der Waals surface area contributed by atoms with Crippen LogP contribution < -0.4 is 5.32 Å². The fourth-order valence-electron chi connectivity index (χ4n) is 2.07. The smallest absolute Gasteiger partial charge is 0.251 e. The van der Waals surface area contributed by atoms with Gasteiger partial charge in [-0.1, -0.05) is 12.1 Å². The summed E-state index contributed by atoms with van der Waals surface area (Å²) in [6, 6.07) is 7.64. The van der Waals surface area contributed by atoms with Crippen LogP contribution in [0, 0.1) is 0 Å². The highest BCUT2D eigenvalue weighted by Gasteiger charge is 2.05. The van der Waals surface area contributed by atoms with E-state index < -0.39 is 0 Å². The number of aromatic nitrogens is 2. The molecule has 0 aliphatic rings. The lowest BCUT2D eigenvalue weighted by molar-refractivity contribution is 0.0952. The molecule has 0 radical (unpaired) electrons. The fourth-order valence-corrected chi connectivity index (χ4v) is 2.40. The molecule has 6 heteroatoms. The lowest BCUT2D eigenvalue weighted by Gasteiger charge is -2.10. The van der Waals surface area contributed by atoms with Gasteiger partial charge in [0.05, 0.1) is 17.2 Å². The number of amides is 1. The van der Waals surface area contributed by atoms with Crippen LogP contribution in [0.4, 0.5) is 0 Å². The molecule has 5 nitrogen and oxygen atoms in total. The fraction of sp³-hybridized carbons (Fsp3) is 0.375. The van der Waals surface area contributed by atoms with Crippen molar-refractivity contribution in [2.45, 2.75) is 13.0 Å². The number of carbonyl (C=O) groups excluding carboxylic acids is 1. The predicted octanol–water partition coefficient (Wildman–Crippen LogP) is 2.38. The van der Waals surface area contributed by atoms with Crippen LogP contribution in [-0.4, -0.2) is 47.8 Å². The first kappa shape index (κ1) is 16.7. The molecule has 0 atom stereocenters. The largest absolute Gasteiger partial charge is 0.352 e. The number of nitrogens with zero attached hydrogens (tertiary/aromatic N) is 3. The van der Waals surface area contributed by atoms with Crippen LogP contribution in [0.2, 0.25) is 0 Å². The molecule has 22 heavy (non-hydrogen) atoms. The Kier molecular flexibility index (Phi) is 6.15. The highest BCUT2D eigenvalue weighted by molar-refractivity contribution is 9.10. The summed E-state index contributed by atoms with van der Waals surface area (Å²) in [6.45, 7) is 2.36. The van der Waals surface area contributed by atoms with Crippen LogP contribution >= 0.6 is 15.9 Å². The van der Waals surface area contributed by atoms with E-state index in [0.717, 1.165) is 23.0 Å². The van der Waals surface area contributed by atoms with Crippen LogP contribution in [0.25, 0.3) is 0 Å². The molecule has 0 fully saturated rings. The van der Waals surface area contributed by atoms with Gasteiger partial charge < -0.3 is 10.2 Å². The second kappa shape index (κ2) is 8.10. The summed E-state index contributed by atoms with van der Waals surface area (Å²) in [5, 5.41) is 7.16.